The highest BCUT2D eigenvalue weighted by Crippen LogP contribution is 2.48. The fourth-order valence-electron chi connectivity index (χ4n) is 4.67. The average molecular weight is 384 g/mol. The summed E-state index contributed by atoms with van der Waals surface area (Å²) in [4.78, 5) is 36.3. The third-order valence-corrected chi connectivity index (χ3v) is 6.07. The van der Waals surface area contributed by atoms with E-state index in [9.17, 15) is 19.5 Å². The molecule has 3 aliphatic carbocycles. The van der Waals surface area contributed by atoms with Gasteiger partial charge in [-0.1, -0.05) is 12.2 Å². The van der Waals surface area contributed by atoms with Crippen LogP contribution in [0.3, 0.4) is 0 Å². The Morgan fingerprint density at radius 3 is 2.21 bits per heavy atom. The zero-order valence-electron chi connectivity index (χ0n) is 15.5. The van der Waals surface area contributed by atoms with E-state index < -0.39 is 29.6 Å². The van der Waals surface area contributed by atoms with E-state index in [0.29, 0.717) is 12.0 Å². The number of aliphatic carboxylic acids is 1. The molecule has 2 bridgehead atoms. The fraction of sp³-hybridized carbons (Fsp3) is 0.476. The van der Waals surface area contributed by atoms with Crippen LogP contribution in [0.25, 0.3) is 0 Å². The highest BCUT2D eigenvalue weighted by molar-refractivity contribution is 5.96. The lowest BCUT2D eigenvalue weighted by atomic mass is 9.82. The number of amides is 2. The first kappa shape index (κ1) is 18.5. The number of ether oxygens (including phenoxy) is 1. The van der Waals surface area contributed by atoms with Crippen molar-refractivity contribution in [2.45, 2.75) is 38.2 Å². The van der Waals surface area contributed by atoms with Crippen molar-refractivity contribution in [2.24, 2.45) is 23.7 Å². The number of nitrogens with one attached hydrogen (secondary N) is 2. The standard InChI is InChI=1S/C21H24N2O5/c24-19(12-7-9-16(10-8-12)28-15-3-1-2-4-15)22-23-20(25)17-13-5-6-14(11-13)18(17)21(26)27/h5-10,13-15,17-18H,1-4,11H2,(H,22,24)(H,23,25)(H,26,27)/t13-,14+,17-,18+/m1/s1. The number of fused-ring (bicyclic) bond motifs is 2. The number of allylic oxidation sites excluding steroid dienone is 2. The molecule has 4 atom stereocenters. The highest BCUT2D eigenvalue weighted by atomic mass is 16.5. The molecule has 3 aliphatic rings. The van der Waals surface area contributed by atoms with Crippen molar-refractivity contribution in [3.8, 4) is 5.75 Å². The second-order valence-electron chi connectivity index (χ2n) is 7.83. The van der Waals surface area contributed by atoms with E-state index in [1.807, 2.05) is 12.2 Å². The fourth-order valence-corrected chi connectivity index (χ4v) is 4.67. The first-order valence-corrected chi connectivity index (χ1v) is 9.81. The topological polar surface area (TPSA) is 105 Å². The Morgan fingerprint density at radius 1 is 0.929 bits per heavy atom. The van der Waals surface area contributed by atoms with Crippen LogP contribution < -0.4 is 15.6 Å². The molecular weight excluding hydrogens is 360 g/mol. The summed E-state index contributed by atoms with van der Waals surface area (Å²) < 4.78 is 5.87. The number of carbonyl (C=O) groups is 3. The second kappa shape index (κ2) is 7.66. The van der Waals surface area contributed by atoms with Gasteiger partial charge in [-0.25, -0.2) is 0 Å². The predicted octanol–water partition coefficient (Wildman–Crippen LogP) is 2.29. The van der Waals surface area contributed by atoms with Gasteiger partial charge in [-0.15, -0.1) is 0 Å². The first-order chi connectivity index (χ1) is 13.5. The van der Waals surface area contributed by atoms with Crippen molar-refractivity contribution in [3.63, 3.8) is 0 Å². The van der Waals surface area contributed by atoms with Crippen LogP contribution in [-0.2, 0) is 9.59 Å². The van der Waals surface area contributed by atoms with Gasteiger partial charge in [-0.3, -0.25) is 25.2 Å². The van der Waals surface area contributed by atoms with E-state index >= 15 is 0 Å². The molecular formula is C21H24N2O5. The van der Waals surface area contributed by atoms with Crippen LogP contribution in [0.1, 0.15) is 42.5 Å². The Bertz CT molecular complexity index is 798. The predicted molar refractivity (Wildman–Crippen MR) is 100 cm³/mol. The zero-order chi connectivity index (χ0) is 19.7. The van der Waals surface area contributed by atoms with Crippen LogP contribution in [0, 0.1) is 23.7 Å². The normalized spacial score (nSPS) is 28.3. The molecule has 3 N–H and O–H groups in total. The minimum atomic E-state index is -0.971. The van der Waals surface area contributed by atoms with Gasteiger partial charge in [0.25, 0.3) is 5.91 Å². The van der Waals surface area contributed by atoms with Gasteiger partial charge in [0.15, 0.2) is 0 Å². The molecule has 1 aromatic rings. The molecule has 0 aliphatic heterocycles. The summed E-state index contributed by atoms with van der Waals surface area (Å²) in [5.41, 5.74) is 5.18. The maximum atomic E-state index is 12.5. The minimum Gasteiger partial charge on any atom is -0.490 e. The molecule has 2 amide bonds. The lowest BCUT2D eigenvalue weighted by Crippen LogP contribution is -2.48. The number of hydrogen-bond acceptors (Lipinski definition) is 4. The Morgan fingerprint density at radius 2 is 1.57 bits per heavy atom. The Labute approximate surface area is 163 Å². The van der Waals surface area contributed by atoms with Gasteiger partial charge in [-0.2, -0.15) is 0 Å². The largest absolute Gasteiger partial charge is 0.490 e. The third-order valence-electron chi connectivity index (χ3n) is 6.07. The van der Waals surface area contributed by atoms with Gasteiger partial charge in [-0.05, 0) is 68.2 Å². The summed E-state index contributed by atoms with van der Waals surface area (Å²) in [6.45, 7) is 0. The van der Waals surface area contributed by atoms with Gasteiger partial charge in [0.1, 0.15) is 5.75 Å². The molecule has 0 spiro atoms. The lowest BCUT2D eigenvalue weighted by Gasteiger charge is -2.23. The monoisotopic (exact) mass is 384 g/mol. The zero-order valence-corrected chi connectivity index (χ0v) is 15.5. The summed E-state index contributed by atoms with van der Waals surface area (Å²) in [6.07, 6.45) is 9.19. The molecule has 1 aromatic carbocycles. The molecule has 0 heterocycles. The van der Waals surface area contributed by atoms with E-state index in [1.165, 1.54) is 12.8 Å². The number of hydrazine groups is 1. The molecule has 2 fully saturated rings. The number of hydrogen-bond donors (Lipinski definition) is 3. The van der Waals surface area contributed by atoms with Crippen molar-refractivity contribution >= 4 is 17.8 Å². The van der Waals surface area contributed by atoms with E-state index in [-0.39, 0.29) is 17.9 Å². The van der Waals surface area contributed by atoms with Crippen molar-refractivity contribution in [1.29, 1.82) is 0 Å². The molecule has 2 saturated carbocycles. The van der Waals surface area contributed by atoms with Gasteiger partial charge in [0, 0.05) is 5.56 Å². The SMILES string of the molecule is O=C(NNC(=O)[C@H]1[C@@H](C(=O)O)[C@H]2C=C[C@@H]1C2)c1ccc(OC2CCCC2)cc1. The minimum absolute atomic E-state index is 0.0879. The molecule has 0 radical (unpaired) electrons. The second-order valence-corrected chi connectivity index (χ2v) is 7.83. The summed E-state index contributed by atoms with van der Waals surface area (Å²) in [5, 5.41) is 9.42. The maximum Gasteiger partial charge on any atom is 0.307 e. The molecule has 148 valence electrons. The number of rotatable bonds is 5. The van der Waals surface area contributed by atoms with E-state index in [2.05, 4.69) is 10.9 Å². The molecule has 0 unspecified atom stereocenters. The van der Waals surface area contributed by atoms with Crippen molar-refractivity contribution in [3.05, 3.63) is 42.0 Å². The van der Waals surface area contributed by atoms with Crippen LogP contribution in [0.2, 0.25) is 0 Å². The van der Waals surface area contributed by atoms with Crippen molar-refractivity contribution < 1.29 is 24.2 Å². The van der Waals surface area contributed by atoms with Crippen LogP contribution in [0.5, 0.6) is 5.75 Å². The van der Waals surface area contributed by atoms with Crippen molar-refractivity contribution in [2.75, 3.05) is 0 Å². The molecule has 7 heteroatoms. The van der Waals surface area contributed by atoms with Crippen LogP contribution in [-0.4, -0.2) is 29.0 Å². The van der Waals surface area contributed by atoms with Gasteiger partial charge < -0.3 is 9.84 Å². The Balaban J connectivity index is 1.32. The van der Waals surface area contributed by atoms with Crippen LogP contribution in [0.4, 0.5) is 0 Å². The number of carboxylic acids is 1. The first-order valence-electron chi connectivity index (χ1n) is 9.81. The number of carboxylic acid groups (broad SMARTS) is 1. The maximum absolute atomic E-state index is 12.5. The molecule has 28 heavy (non-hydrogen) atoms. The molecule has 0 aromatic heterocycles. The smallest absolute Gasteiger partial charge is 0.307 e. The Kier molecular flexibility index (Phi) is 5.07. The highest BCUT2D eigenvalue weighted by Gasteiger charge is 2.51. The molecule has 0 saturated heterocycles. The van der Waals surface area contributed by atoms with Gasteiger partial charge in [0.05, 0.1) is 17.9 Å². The van der Waals surface area contributed by atoms with Gasteiger partial charge in [0.2, 0.25) is 5.91 Å². The van der Waals surface area contributed by atoms with Crippen LogP contribution >= 0.6 is 0 Å². The summed E-state index contributed by atoms with van der Waals surface area (Å²) >= 11 is 0. The summed E-state index contributed by atoms with van der Waals surface area (Å²) in [7, 11) is 0. The average Bonchev–Trinajstić information content (AvgIpc) is 3.43. The number of carbonyl (C=O) groups excluding carboxylic acids is 2. The van der Waals surface area contributed by atoms with Gasteiger partial charge >= 0.3 is 5.97 Å². The van der Waals surface area contributed by atoms with E-state index in [4.69, 9.17) is 4.74 Å². The summed E-state index contributed by atoms with van der Waals surface area (Å²) in [6, 6.07) is 6.78. The Hall–Kier alpha value is -2.83. The third kappa shape index (κ3) is 3.61. The van der Waals surface area contributed by atoms with E-state index in [0.717, 1.165) is 18.6 Å². The molecule has 4 rings (SSSR count). The quantitative estimate of drug-likeness (QED) is 0.534. The van der Waals surface area contributed by atoms with Crippen molar-refractivity contribution in [1.82, 2.24) is 10.9 Å². The summed E-state index contributed by atoms with van der Waals surface area (Å²) in [5.74, 6) is -2.75. The lowest BCUT2D eigenvalue weighted by molar-refractivity contribution is -0.148. The molecule has 7 nitrogen and oxygen atoms in total. The van der Waals surface area contributed by atoms with E-state index in [1.54, 1.807) is 24.3 Å². The van der Waals surface area contributed by atoms with Crippen LogP contribution in [0.15, 0.2) is 36.4 Å². The number of benzene rings is 1.